The monoisotopic (exact) mass is 383 g/mol. The van der Waals surface area contributed by atoms with Crippen molar-refractivity contribution in [1.29, 1.82) is 0 Å². The fraction of sp³-hybridized carbons (Fsp3) is 0.286. The summed E-state index contributed by atoms with van der Waals surface area (Å²) in [6.45, 7) is 3.27. The molecule has 0 aromatic heterocycles. The number of amides is 2. The van der Waals surface area contributed by atoms with Crippen LogP contribution < -0.4 is 15.4 Å². The molecule has 0 aliphatic carbocycles. The van der Waals surface area contributed by atoms with E-state index < -0.39 is 6.04 Å². The minimum absolute atomic E-state index is 0.0335. The molecule has 1 atom stereocenters. The van der Waals surface area contributed by atoms with Crippen LogP contribution in [0, 0.1) is 0 Å². The van der Waals surface area contributed by atoms with E-state index in [2.05, 4.69) is 10.6 Å². The molecule has 2 amide bonds. The molecule has 0 aliphatic heterocycles. The number of hydrogen-bond acceptors (Lipinski definition) is 5. The Morgan fingerprint density at radius 3 is 2.04 bits per heavy atom. The second-order valence-corrected chi connectivity index (χ2v) is 6.49. The van der Waals surface area contributed by atoms with E-state index in [1.807, 2.05) is 0 Å². The van der Waals surface area contributed by atoms with Gasteiger partial charge in [-0.05, 0) is 69.4 Å². The van der Waals surface area contributed by atoms with E-state index in [-0.39, 0.29) is 24.1 Å². The molecule has 0 spiro atoms. The van der Waals surface area contributed by atoms with E-state index in [4.69, 9.17) is 4.74 Å². The molecule has 2 rings (SSSR count). The van der Waals surface area contributed by atoms with Gasteiger partial charge < -0.3 is 15.4 Å². The lowest BCUT2D eigenvalue weighted by atomic mass is 10.1. The van der Waals surface area contributed by atoms with Crippen LogP contribution in [0.2, 0.25) is 0 Å². The highest BCUT2D eigenvalue weighted by molar-refractivity contribution is 5.97. The molecule has 2 aromatic rings. The Bertz CT molecular complexity index is 832. The van der Waals surface area contributed by atoms with Crippen molar-refractivity contribution in [1.82, 2.24) is 4.90 Å². The van der Waals surface area contributed by atoms with Crippen molar-refractivity contribution >= 4 is 29.0 Å². The van der Waals surface area contributed by atoms with Crippen molar-refractivity contribution in [2.75, 3.05) is 31.3 Å². The molecule has 0 radical (unpaired) electrons. The van der Waals surface area contributed by atoms with Crippen molar-refractivity contribution in [2.45, 2.75) is 19.9 Å². The van der Waals surface area contributed by atoms with Crippen molar-refractivity contribution in [2.24, 2.45) is 0 Å². The number of carbonyl (C=O) groups excluding carboxylic acids is 3. The number of carbonyl (C=O) groups is 3. The normalized spacial score (nSPS) is 11.6. The Hall–Kier alpha value is -3.19. The Morgan fingerprint density at radius 1 is 0.964 bits per heavy atom. The number of nitrogens with one attached hydrogen (secondary N) is 2. The molecule has 28 heavy (non-hydrogen) atoms. The maximum atomic E-state index is 12.4. The number of likely N-dealkylation sites (N-methyl/N-ethyl adjacent to an activating group) is 1. The summed E-state index contributed by atoms with van der Waals surface area (Å²) in [5, 5.41) is 5.57. The lowest BCUT2D eigenvalue weighted by Crippen LogP contribution is -2.43. The fourth-order valence-electron chi connectivity index (χ4n) is 2.47. The lowest BCUT2D eigenvalue weighted by Gasteiger charge is -2.23. The molecule has 2 aromatic carbocycles. The first kappa shape index (κ1) is 21.1. The average Bonchev–Trinajstić information content (AvgIpc) is 2.68. The van der Waals surface area contributed by atoms with Crippen molar-refractivity contribution in [3.05, 3.63) is 54.1 Å². The topological polar surface area (TPSA) is 87.7 Å². The van der Waals surface area contributed by atoms with Gasteiger partial charge in [0.1, 0.15) is 5.75 Å². The summed E-state index contributed by atoms with van der Waals surface area (Å²) in [5.41, 5.74) is 1.83. The van der Waals surface area contributed by atoms with E-state index in [1.165, 1.54) is 6.92 Å². The first-order valence-electron chi connectivity index (χ1n) is 8.86. The third-order valence-electron chi connectivity index (χ3n) is 4.37. The summed E-state index contributed by atoms with van der Waals surface area (Å²) < 4.78 is 5.08. The zero-order chi connectivity index (χ0) is 20.7. The number of Topliss-reactive ketones (excluding diaryl/α,β-unsaturated/α-hetero) is 1. The largest absolute Gasteiger partial charge is 0.497 e. The molecule has 0 unspecified atom stereocenters. The highest BCUT2D eigenvalue weighted by Crippen LogP contribution is 2.15. The van der Waals surface area contributed by atoms with Crippen molar-refractivity contribution in [3.63, 3.8) is 0 Å². The van der Waals surface area contributed by atoms with Gasteiger partial charge in [-0.3, -0.25) is 19.3 Å². The van der Waals surface area contributed by atoms with Crippen molar-refractivity contribution in [3.8, 4) is 5.75 Å². The van der Waals surface area contributed by atoms with E-state index in [9.17, 15) is 14.4 Å². The van der Waals surface area contributed by atoms with Gasteiger partial charge in [-0.2, -0.15) is 0 Å². The number of benzene rings is 2. The summed E-state index contributed by atoms with van der Waals surface area (Å²) in [6.07, 6.45) is 0. The standard InChI is InChI=1S/C21H25N3O4/c1-14(21(27)23-18-7-5-16(6-8-18)15(2)25)24(3)13-20(26)22-17-9-11-19(28-4)12-10-17/h5-12,14H,13H2,1-4H3,(H,22,26)(H,23,27)/t14-/m1/s1. The van der Waals surface area contributed by atoms with Crippen LogP contribution in [0.15, 0.2) is 48.5 Å². The van der Waals surface area contributed by atoms with Gasteiger partial charge in [0.2, 0.25) is 11.8 Å². The number of rotatable bonds is 8. The second-order valence-electron chi connectivity index (χ2n) is 6.49. The minimum atomic E-state index is -0.519. The maximum Gasteiger partial charge on any atom is 0.241 e. The Morgan fingerprint density at radius 2 is 1.50 bits per heavy atom. The smallest absolute Gasteiger partial charge is 0.241 e. The molecule has 0 saturated carbocycles. The van der Waals surface area contributed by atoms with E-state index in [0.29, 0.717) is 22.7 Å². The molecular weight excluding hydrogens is 358 g/mol. The SMILES string of the molecule is COc1ccc(NC(=O)CN(C)[C@H](C)C(=O)Nc2ccc(C(C)=O)cc2)cc1. The highest BCUT2D eigenvalue weighted by atomic mass is 16.5. The molecule has 7 heteroatoms. The highest BCUT2D eigenvalue weighted by Gasteiger charge is 2.20. The number of ether oxygens (including phenoxy) is 1. The second kappa shape index (κ2) is 9.66. The predicted octanol–water partition coefficient (Wildman–Crippen LogP) is 2.80. The summed E-state index contributed by atoms with van der Waals surface area (Å²) in [5.74, 6) is 0.207. The van der Waals surface area contributed by atoms with Crippen molar-refractivity contribution < 1.29 is 19.1 Å². The van der Waals surface area contributed by atoms with Gasteiger partial charge in [0.25, 0.3) is 0 Å². The van der Waals surface area contributed by atoms with Gasteiger partial charge in [0.05, 0.1) is 19.7 Å². The number of nitrogens with zero attached hydrogens (tertiary/aromatic N) is 1. The summed E-state index contributed by atoms with van der Waals surface area (Å²) >= 11 is 0. The first-order chi connectivity index (χ1) is 13.3. The Labute approximate surface area is 164 Å². The third-order valence-corrected chi connectivity index (χ3v) is 4.37. The fourth-order valence-corrected chi connectivity index (χ4v) is 2.47. The number of anilines is 2. The van der Waals surface area contributed by atoms with Crippen LogP contribution in [0.25, 0.3) is 0 Å². The van der Waals surface area contributed by atoms with Gasteiger partial charge in [-0.25, -0.2) is 0 Å². The van der Waals surface area contributed by atoms with Gasteiger partial charge in [-0.15, -0.1) is 0 Å². The molecule has 0 bridgehead atoms. The molecular formula is C21H25N3O4. The minimum Gasteiger partial charge on any atom is -0.497 e. The molecule has 148 valence electrons. The van der Waals surface area contributed by atoms with Crippen LogP contribution in [0.1, 0.15) is 24.2 Å². The third kappa shape index (κ3) is 5.92. The van der Waals surface area contributed by atoms with Gasteiger partial charge >= 0.3 is 0 Å². The summed E-state index contributed by atoms with van der Waals surface area (Å²) in [6, 6.07) is 13.2. The Balaban J connectivity index is 1.87. The van der Waals surface area contributed by atoms with Gasteiger partial charge in [0, 0.05) is 16.9 Å². The lowest BCUT2D eigenvalue weighted by molar-refractivity contribution is -0.122. The summed E-state index contributed by atoms with van der Waals surface area (Å²) in [7, 11) is 3.28. The number of methoxy groups -OCH3 is 1. The van der Waals surface area contributed by atoms with Gasteiger partial charge in [0.15, 0.2) is 5.78 Å². The van der Waals surface area contributed by atoms with Crippen LogP contribution in [0.3, 0.4) is 0 Å². The van der Waals surface area contributed by atoms with E-state index >= 15 is 0 Å². The van der Waals surface area contributed by atoms with Crippen LogP contribution in [-0.2, 0) is 9.59 Å². The van der Waals surface area contributed by atoms with Crippen LogP contribution in [0.4, 0.5) is 11.4 Å². The maximum absolute atomic E-state index is 12.4. The predicted molar refractivity (Wildman–Crippen MR) is 109 cm³/mol. The van der Waals surface area contributed by atoms with Crippen LogP contribution >= 0.6 is 0 Å². The van der Waals surface area contributed by atoms with Crippen LogP contribution in [0.5, 0.6) is 5.75 Å². The first-order valence-corrected chi connectivity index (χ1v) is 8.86. The average molecular weight is 383 g/mol. The molecule has 0 aliphatic rings. The molecule has 0 heterocycles. The number of ketones is 1. The number of hydrogen-bond donors (Lipinski definition) is 2. The quantitative estimate of drug-likeness (QED) is 0.685. The Kier molecular flexibility index (Phi) is 7.28. The zero-order valence-electron chi connectivity index (χ0n) is 16.5. The van der Waals surface area contributed by atoms with Crippen LogP contribution in [-0.4, -0.2) is 49.2 Å². The molecule has 0 fully saturated rings. The molecule has 7 nitrogen and oxygen atoms in total. The zero-order valence-corrected chi connectivity index (χ0v) is 16.5. The van der Waals surface area contributed by atoms with E-state index in [1.54, 1.807) is 74.5 Å². The van der Waals surface area contributed by atoms with Gasteiger partial charge in [-0.1, -0.05) is 0 Å². The molecule has 2 N–H and O–H groups in total. The molecule has 0 saturated heterocycles. The van der Waals surface area contributed by atoms with E-state index in [0.717, 1.165) is 0 Å². The summed E-state index contributed by atoms with van der Waals surface area (Å²) in [4.78, 5) is 37.6.